The van der Waals surface area contributed by atoms with Crippen molar-refractivity contribution in [3.8, 4) is 0 Å². The van der Waals surface area contributed by atoms with Crippen molar-refractivity contribution >= 4 is 23.4 Å². The quantitative estimate of drug-likeness (QED) is 0.213. The maximum absolute atomic E-state index is 12.2. The van der Waals surface area contributed by atoms with Gasteiger partial charge < -0.3 is 10.6 Å². The molecule has 162 valence electrons. The van der Waals surface area contributed by atoms with Crippen molar-refractivity contribution in [2.24, 2.45) is 5.92 Å². The minimum Gasteiger partial charge on any atom is -0.352 e. The van der Waals surface area contributed by atoms with Gasteiger partial charge in [-0.05, 0) is 49.4 Å². The second kappa shape index (κ2) is 14.6. The number of carbonyl (C=O) groups excluding carboxylic acids is 3. The first-order chi connectivity index (χ1) is 14.0. The molecule has 0 aliphatic carbocycles. The van der Waals surface area contributed by atoms with Crippen molar-refractivity contribution < 1.29 is 19.6 Å². The Bertz CT molecular complexity index is 627. The fourth-order valence-electron chi connectivity index (χ4n) is 3.10. The molecule has 1 aromatic rings. The van der Waals surface area contributed by atoms with E-state index in [1.165, 1.54) is 0 Å². The molecule has 7 heteroatoms. The van der Waals surface area contributed by atoms with E-state index in [9.17, 15) is 14.4 Å². The van der Waals surface area contributed by atoms with E-state index in [-0.39, 0.29) is 17.7 Å². The van der Waals surface area contributed by atoms with Crippen LogP contribution < -0.4 is 16.1 Å². The maximum atomic E-state index is 12.2. The SMILES string of the molecule is CCC(CC)CCNC(=O)c1ccc(NC(=O)CCCCCCC(=O)NO)cc1. The summed E-state index contributed by atoms with van der Waals surface area (Å²) >= 11 is 0. The van der Waals surface area contributed by atoms with Crippen LogP contribution in [0.2, 0.25) is 0 Å². The molecule has 29 heavy (non-hydrogen) atoms. The van der Waals surface area contributed by atoms with Crippen molar-refractivity contribution in [2.75, 3.05) is 11.9 Å². The molecule has 0 aliphatic heterocycles. The molecule has 0 atom stereocenters. The number of rotatable bonds is 14. The minimum atomic E-state index is -0.383. The van der Waals surface area contributed by atoms with E-state index in [1.807, 2.05) is 0 Å². The van der Waals surface area contributed by atoms with Crippen LogP contribution in [0.3, 0.4) is 0 Å². The maximum Gasteiger partial charge on any atom is 0.251 e. The lowest BCUT2D eigenvalue weighted by atomic mass is 10.00. The molecule has 0 spiro atoms. The third-order valence-electron chi connectivity index (χ3n) is 5.11. The fourth-order valence-corrected chi connectivity index (χ4v) is 3.10. The first-order valence-electron chi connectivity index (χ1n) is 10.6. The Morgan fingerprint density at radius 1 is 0.897 bits per heavy atom. The first kappa shape index (κ1) is 24.6. The molecule has 4 N–H and O–H groups in total. The Hall–Kier alpha value is -2.41. The van der Waals surface area contributed by atoms with E-state index in [0.29, 0.717) is 43.0 Å². The van der Waals surface area contributed by atoms with Gasteiger partial charge in [-0.25, -0.2) is 5.48 Å². The summed E-state index contributed by atoms with van der Waals surface area (Å²) in [6, 6.07) is 6.91. The van der Waals surface area contributed by atoms with Gasteiger partial charge in [0.2, 0.25) is 11.8 Å². The average Bonchev–Trinajstić information content (AvgIpc) is 2.73. The van der Waals surface area contributed by atoms with Gasteiger partial charge >= 0.3 is 0 Å². The van der Waals surface area contributed by atoms with Crippen LogP contribution in [0.1, 0.15) is 82.0 Å². The summed E-state index contributed by atoms with van der Waals surface area (Å²) < 4.78 is 0. The number of hydrogen-bond acceptors (Lipinski definition) is 4. The number of carbonyl (C=O) groups is 3. The number of amides is 3. The monoisotopic (exact) mass is 405 g/mol. The molecule has 0 fully saturated rings. The molecule has 0 bridgehead atoms. The van der Waals surface area contributed by atoms with Crippen LogP contribution in [0.5, 0.6) is 0 Å². The Morgan fingerprint density at radius 2 is 1.48 bits per heavy atom. The zero-order valence-electron chi connectivity index (χ0n) is 17.6. The Kier molecular flexibility index (Phi) is 12.4. The van der Waals surface area contributed by atoms with Crippen molar-refractivity contribution in [1.82, 2.24) is 10.8 Å². The second-order valence-corrected chi connectivity index (χ2v) is 7.30. The van der Waals surface area contributed by atoms with E-state index in [0.717, 1.165) is 38.5 Å². The van der Waals surface area contributed by atoms with E-state index < -0.39 is 0 Å². The molecule has 0 aliphatic rings. The summed E-state index contributed by atoms with van der Waals surface area (Å²) in [7, 11) is 0. The summed E-state index contributed by atoms with van der Waals surface area (Å²) in [5, 5.41) is 14.2. The van der Waals surface area contributed by atoms with E-state index in [1.54, 1.807) is 29.7 Å². The highest BCUT2D eigenvalue weighted by atomic mass is 16.5. The molecular weight excluding hydrogens is 370 g/mol. The third-order valence-corrected chi connectivity index (χ3v) is 5.11. The zero-order valence-corrected chi connectivity index (χ0v) is 17.6. The summed E-state index contributed by atoms with van der Waals surface area (Å²) in [5.74, 6) is 0.100. The Labute approximate surface area is 173 Å². The molecule has 1 aromatic carbocycles. The van der Waals surface area contributed by atoms with Gasteiger partial charge in [-0.2, -0.15) is 0 Å². The lowest BCUT2D eigenvalue weighted by molar-refractivity contribution is -0.129. The molecule has 0 heterocycles. The lowest BCUT2D eigenvalue weighted by Gasteiger charge is -2.12. The highest BCUT2D eigenvalue weighted by Crippen LogP contribution is 2.13. The van der Waals surface area contributed by atoms with Crippen molar-refractivity contribution in [3.05, 3.63) is 29.8 Å². The van der Waals surface area contributed by atoms with Crippen molar-refractivity contribution in [1.29, 1.82) is 0 Å². The summed E-state index contributed by atoms with van der Waals surface area (Å²) in [6.07, 6.45) is 7.05. The first-order valence-corrected chi connectivity index (χ1v) is 10.6. The van der Waals surface area contributed by atoms with E-state index in [2.05, 4.69) is 24.5 Å². The molecule has 0 saturated heterocycles. The second-order valence-electron chi connectivity index (χ2n) is 7.30. The zero-order chi connectivity index (χ0) is 21.5. The smallest absolute Gasteiger partial charge is 0.251 e. The van der Waals surface area contributed by atoms with Crippen LogP contribution >= 0.6 is 0 Å². The van der Waals surface area contributed by atoms with Gasteiger partial charge in [0, 0.05) is 30.6 Å². The average molecular weight is 406 g/mol. The van der Waals surface area contributed by atoms with Gasteiger partial charge in [0.05, 0.1) is 0 Å². The largest absolute Gasteiger partial charge is 0.352 e. The van der Waals surface area contributed by atoms with Crippen LogP contribution in [-0.4, -0.2) is 29.5 Å². The summed E-state index contributed by atoms with van der Waals surface area (Å²) in [6.45, 7) is 5.01. The van der Waals surface area contributed by atoms with Crippen LogP contribution in [0.25, 0.3) is 0 Å². The van der Waals surface area contributed by atoms with Crippen molar-refractivity contribution in [3.63, 3.8) is 0 Å². The van der Waals surface area contributed by atoms with Crippen LogP contribution in [-0.2, 0) is 9.59 Å². The Balaban J connectivity index is 2.26. The molecule has 0 unspecified atom stereocenters. The lowest BCUT2D eigenvalue weighted by Crippen LogP contribution is -2.25. The van der Waals surface area contributed by atoms with Gasteiger partial charge in [0.1, 0.15) is 0 Å². The standard InChI is InChI=1S/C22H35N3O4/c1-3-17(4-2)15-16-23-22(28)18-11-13-19(14-12-18)24-20(26)9-7-5-6-8-10-21(27)25-29/h11-14,17,29H,3-10,15-16H2,1-2H3,(H,23,28)(H,24,26)(H,25,27). The van der Waals surface area contributed by atoms with Gasteiger partial charge in [-0.3, -0.25) is 19.6 Å². The molecule has 0 aromatic heterocycles. The molecule has 0 saturated carbocycles. The molecule has 3 amide bonds. The number of hydroxylamine groups is 1. The number of anilines is 1. The Morgan fingerprint density at radius 3 is 2.03 bits per heavy atom. The van der Waals surface area contributed by atoms with Crippen LogP contribution in [0.4, 0.5) is 5.69 Å². The number of benzene rings is 1. The molecule has 0 radical (unpaired) electrons. The van der Waals surface area contributed by atoms with E-state index >= 15 is 0 Å². The minimum absolute atomic E-state index is 0.0690. The van der Waals surface area contributed by atoms with Gasteiger partial charge in [-0.1, -0.05) is 39.5 Å². The number of nitrogens with one attached hydrogen (secondary N) is 3. The van der Waals surface area contributed by atoms with Gasteiger partial charge in [-0.15, -0.1) is 0 Å². The van der Waals surface area contributed by atoms with E-state index in [4.69, 9.17) is 5.21 Å². The highest BCUT2D eigenvalue weighted by molar-refractivity contribution is 5.95. The predicted molar refractivity (Wildman–Crippen MR) is 114 cm³/mol. The summed E-state index contributed by atoms with van der Waals surface area (Å²) in [4.78, 5) is 35.1. The number of unbranched alkanes of at least 4 members (excludes halogenated alkanes) is 3. The normalized spacial score (nSPS) is 10.6. The third kappa shape index (κ3) is 10.6. The highest BCUT2D eigenvalue weighted by Gasteiger charge is 2.08. The molecule has 7 nitrogen and oxygen atoms in total. The van der Waals surface area contributed by atoms with Crippen molar-refractivity contribution in [2.45, 2.75) is 71.6 Å². The molecule has 1 rings (SSSR count). The summed E-state index contributed by atoms with van der Waals surface area (Å²) in [5.41, 5.74) is 2.86. The van der Waals surface area contributed by atoms with Gasteiger partial charge in [0.25, 0.3) is 5.91 Å². The fraction of sp³-hybridized carbons (Fsp3) is 0.591. The van der Waals surface area contributed by atoms with Crippen LogP contribution in [0.15, 0.2) is 24.3 Å². The van der Waals surface area contributed by atoms with Crippen LogP contribution in [0, 0.1) is 5.92 Å². The molecular formula is C22H35N3O4. The predicted octanol–water partition coefficient (Wildman–Crippen LogP) is 4.03. The topological polar surface area (TPSA) is 108 Å². The van der Waals surface area contributed by atoms with Gasteiger partial charge in [0.15, 0.2) is 0 Å². The number of hydrogen-bond donors (Lipinski definition) is 4.